The molecule has 0 aliphatic heterocycles. The van der Waals surface area contributed by atoms with Gasteiger partial charge in [-0.3, -0.25) is 4.79 Å². The molecule has 1 fully saturated rings. The molecule has 6 heteroatoms. The van der Waals surface area contributed by atoms with Crippen LogP contribution in [0.1, 0.15) is 37.7 Å². The molecular formula is C18H21ClN2O2S. The van der Waals surface area contributed by atoms with Crippen LogP contribution in [0, 0.1) is 6.92 Å². The van der Waals surface area contributed by atoms with Crippen LogP contribution in [0.4, 0.5) is 5.13 Å². The third-order valence-corrected chi connectivity index (χ3v) is 5.83. The highest BCUT2D eigenvalue weighted by Crippen LogP contribution is 2.34. The van der Waals surface area contributed by atoms with Gasteiger partial charge in [-0.15, -0.1) is 11.3 Å². The molecule has 0 radical (unpaired) electrons. The maximum atomic E-state index is 11.0. The minimum absolute atomic E-state index is 0.144. The number of benzene rings is 1. The second-order valence-electron chi connectivity index (χ2n) is 6.25. The van der Waals surface area contributed by atoms with Crippen molar-refractivity contribution in [3.8, 4) is 11.3 Å². The van der Waals surface area contributed by atoms with Crippen molar-refractivity contribution in [1.82, 2.24) is 4.98 Å². The highest BCUT2D eigenvalue weighted by Gasteiger charge is 2.25. The number of hydrogen-bond acceptors (Lipinski definition) is 4. The molecule has 1 heterocycles. The number of anilines is 1. The smallest absolute Gasteiger partial charge is 0.305 e. The van der Waals surface area contributed by atoms with Crippen LogP contribution in [0.5, 0.6) is 0 Å². The molecule has 0 amide bonds. The van der Waals surface area contributed by atoms with Crippen LogP contribution < -0.4 is 4.90 Å². The molecule has 0 atom stereocenters. The minimum Gasteiger partial charge on any atom is -0.481 e. The fourth-order valence-corrected chi connectivity index (χ4v) is 4.25. The lowest BCUT2D eigenvalue weighted by Crippen LogP contribution is -2.35. The number of thiazole rings is 1. The van der Waals surface area contributed by atoms with E-state index in [1.165, 1.54) is 12.8 Å². The van der Waals surface area contributed by atoms with Crippen molar-refractivity contribution in [2.45, 2.75) is 45.1 Å². The lowest BCUT2D eigenvalue weighted by atomic mass is 10.1. The average Bonchev–Trinajstić information content (AvgIpc) is 3.22. The monoisotopic (exact) mass is 364 g/mol. The molecule has 0 saturated heterocycles. The highest BCUT2D eigenvalue weighted by molar-refractivity contribution is 7.14. The Bertz CT molecular complexity index is 726. The van der Waals surface area contributed by atoms with Crippen LogP contribution in [0.15, 0.2) is 23.6 Å². The van der Waals surface area contributed by atoms with Crippen LogP contribution in [0.25, 0.3) is 11.3 Å². The fraction of sp³-hybridized carbons (Fsp3) is 0.444. The van der Waals surface area contributed by atoms with Crippen molar-refractivity contribution in [3.63, 3.8) is 0 Å². The van der Waals surface area contributed by atoms with Gasteiger partial charge in [-0.1, -0.05) is 30.5 Å². The molecule has 0 spiro atoms. The Morgan fingerprint density at radius 3 is 2.83 bits per heavy atom. The van der Waals surface area contributed by atoms with Crippen molar-refractivity contribution in [2.75, 3.05) is 11.4 Å². The number of halogens is 1. The molecule has 1 saturated carbocycles. The molecule has 3 rings (SSSR count). The van der Waals surface area contributed by atoms with Gasteiger partial charge in [0.15, 0.2) is 5.13 Å². The minimum atomic E-state index is -0.761. The first-order valence-electron chi connectivity index (χ1n) is 8.25. The third kappa shape index (κ3) is 3.90. The van der Waals surface area contributed by atoms with Gasteiger partial charge in [0.1, 0.15) is 0 Å². The standard InChI is InChI=1S/C18H21ClN2O2S/c1-12-10-13(6-7-15(12)19)16-11-24-18(20-16)21(9-8-17(22)23)14-4-2-3-5-14/h6-7,10-11,14H,2-5,8-9H2,1H3,(H,22,23). The molecular weight excluding hydrogens is 344 g/mol. The van der Waals surface area contributed by atoms with Crippen LogP contribution in [0.2, 0.25) is 5.02 Å². The zero-order valence-corrected chi connectivity index (χ0v) is 15.2. The molecule has 1 N–H and O–H groups in total. The topological polar surface area (TPSA) is 53.4 Å². The Hall–Kier alpha value is -1.59. The fourth-order valence-electron chi connectivity index (χ4n) is 3.20. The second kappa shape index (κ2) is 7.53. The summed E-state index contributed by atoms with van der Waals surface area (Å²) in [5.74, 6) is -0.761. The van der Waals surface area contributed by atoms with E-state index in [1.807, 2.05) is 30.5 Å². The van der Waals surface area contributed by atoms with E-state index in [9.17, 15) is 4.79 Å². The number of nitrogens with zero attached hydrogens (tertiary/aromatic N) is 2. The first-order valence-corrected chi connectivity index (χ1v) is 9.51. The highest BCUT2D eigenvalue weighted by atomic mass is 35.5. The van der Waals surface area contributed by atoms with Crippen molar-refractivity contribution < 1.29 is 9.90 Å². The number of aryl methyl sites for hydroxylation is 1. The van der Waals surface area contributed by atoms with E-state index in [1.54, 1.807) is 11.3 Å². The summed E-state index contributed by atoms with van der Waals surface area (Å²) in [6.07, 6.45) is 4.81. The number of aromatic nitrogens is 1. The molecule has 2 aromatic rings. The van der Waals surface area contributed by atoms with Gasteiger partial charge in [-0.25, -0.2) is 4.98 Å². The van der Waals surface area contributed by atoms with E-state index < -0.39 is 5.97 Å². The predicted molar refractivity (Wildman–Crippen MR) is 99.2 cm³/mol. The summed E-state index contributed by atoms with van der Waals surface area (Å²) in [5.41, 5.74) is 3.00. The van der Waals surface area contributed by atoms with Gasteiger partial charge in [0, 0.05) is 28.6 Å². The number of aliphatic carboxylic acids is 1. The van der Waals surface area contributed by atoms with Gasteiger partial charge in [0.25, 0.3) is 0 Å². The van der Waals surface area contributed by atoms with Crippen molar-refractivity contribution in [3.05, 3.63) is 34.2 Å². The van der Waals surface area contributed by atoms with E-state index in [0.717, 1.165) is 39.8 Å². The SMILES string of the molecule is Cc1cc(-c2csc(N(CCC(=O)O)C3CCCC3)n2)ccc1Cl. The summed E-state index contributed by atoms with van der Waals surface area (Å²) >= 11 is 7.69. The second-order valence-corrected chi connectivity index (χ2v) is 7.50. The summed E-state index contributed by atoms with van der Waals surface area (Å²) in [6.45, 7) is 2.50. The largest absolute Gasteiger partial charge is 0.481 e. The zero-order valence-electron chi connectivity index (χ0n) is 13.7. The Labute approximate surface area is 151 Å². The van der Waals surface area contributed by atoms with Gasteiger partial charge in [0.05, 0.1) is 12.1 Å². The van der Waals surface area contributed by atoms with Gasteiger partial charge < -0.3 is 10.0 Å². The Morgan fingerprint density at radius 2 is 2.17 bits per heavy atom. The number of rotatable bonds is 6. The first kappa shape index (κ1) is 17.2. The van der Waals surface area contributed by atoms with E-state index in [-0.39, 0.29) is 6.42 Å². The molecule has 0 bridgehead atoms. The molecule has 1 aromatic heterocycles. The van der Waals surface area contributed by atoms with Gasteiger partial charge in [-0.05, 0) is 37.5 Å². The average molecular weight is 365 g/mol. The van der Waals surface area contributed by atoms with Crippen LogP contribution >= 0.6 is 22.9 Å². The van der Waals surface area contributed by atoms with Crippen LogP contribution in [-0.2, 0) is 4.79 Å². The van der Waals surface area contributed by atoms with E-state index in [2.05, 4.69) is 4.90 Å². The number of carboxylic acids is 1. The molecule has 4 nitrogen and oxygen atoms in total. The summed E-state index contributed by atoms with van der Waals surface area (Å²) < 4.78 is 0. The Kier molecular flexibility index (Phi) is 5.41. The zero-order chi connectivity index (χ0) is 17.1. The van der Waals surface area contributed by atoms with Crippen molar-refractivity contribution in [1.29, 1.82) is 0 Å². The quantitative estimate of drug-likeness (QED) is 0.784. The van der Waals surface area contributed by atoms with Crippen LogP contribution in [0.3, 0.4) is 0 Å². The predicted octanol–water partition coefficient (Wildman–Crippen LogP) is 5.00. The maximum Gasteiger partial charge on any atom is 0.305 e. The van der Waals surface area contributed by atoms with Crippen molar-refractivity contribution in [2.24, 2.45) is 0 Å². The van der Waals surface area contributed by atoms with Gasteiger partial charge in [-0.2, -0.15) is 0 Å². The lowest BCUT2D eigenvalue weighted by Gasteiger charge is -2.28. The number of carbonyl (C=O) groups is 1. The third-order valence-electron chi connectivity index (χ3n) is 4.52. The van der Waals surface area contributed by atoms with Crippen LogP contribution in [-0.4, -0.2) is 28.6 Å². The molecule has 1 aliphatic rings. The Morgan fingerprint density at radius 1 is 1.42 bits per heavy atom. The van der Waals surface area contributed by atoms with Crippen molar-refractivity contribution >= 4 is 34.0 Å². The van der Waals surface area contributed by atoms with E-state index >= 15 is 0 Å². The molecule has 128 valence electrons. The number of hydrogen-bond donors (Lipinski definition) is 1. The normalized spacial score (nSPS) is 14.9. The maximum absolute atomic E-state index is 11.0. The summed E-state index contributed by atoms with van der Waals surface area (Å²) in [5, 5.41) is 12.8. The van der Waals surface area contributed by atoms with E-state index in [4.69, 9.17) is 21.7 Å². The van der Waals surface area contributed by atoms with Gasteiger partial charge in [0.2, 0.25) is 0 Å². The molecule has 1 aromatic carbocycles. The first-order chi connectivity index (χ1) is 11.5. The van der Waals surface area contributed by atoms with Gasteiger partial charge >= 0.3 is 5.97 Å². The molecule has 0 unspecified atom stereocenters. The summed E-state index contributed by atoms with van der Waals surface area (Å²) in [4.78, 5) is 18.0. The Balaban J connectivity index is 1.84. The summed E-state index contributed by atoms with van der Waals surface area (Å²) in [7, 11) is 0. The molecule has 24 heavy (non-hydrogen) atoms. The van der Waals surface area contributed by atoms with E-state index in [0.29, 0.717) is 12.6 Å². The number of carboxylic acid groups (broad SMARTS) is 1. The lowest BCUT2D eigenvalue weighted by molar-refractivity contribution is -0.136. The summed E-state index contributed by atoms with van der Waals surface area (Å²) in [6, 6.07) is 6.32. The molecule has 1 aliphatic carbocycles.